The van der Waals surface area contributed by atoms with E-state index in [1.54, 1.807) is 0 Å². The van der Waals surface area contributed by atoms with Crippen LogP contribution in [-0.2, 0) is 9.57 Å². The van der Waals surface area contributed by atoms with Crippen molar-refractivity contribution in [3.05, 3.63) is 0 Å². The van der Waals surface area contributed by atoms with Crippen LogP contribution in [0.4, 0.5) is 4.79 Å². The molecule has 0 saturated carbocycles. The molecule has 0 aromatic heterocycles. The third kappa shape index (κ3) is 2.77. The molecule has 0 aromatic carbocycles. The molecule has 1 heterocycles. The number of oxime groups is 1. The summed E-state index contributed by atoms with van der Waals surface area (Å²) in [5, 5.41) is 6.50. The number of carbonyl (C=O) groups is 1. The normalized spacial score (nSPS) is 20.3. The van der Waals surface area contributed by atoms with Crippen molar-refractivity contribution in [2.45, 2.75) is 0 Å². The largest absolute Gasteiger partial charge is 0.433 e. The number of hydrogen-bond acceptors (Lipinski definition) is 5. The van der Waals surface area contributed by atoms with Gasteiger partial charge in [0.1, 0.15) is 5.04 Å². The molecule has 0 bridgehead atoms. The first-order chi connectivity index (χ1) is 5.33. The number of carbonyl (C=O) groups excluding carboxylic acids is 1. The summed E-state index contributed by atoms with van der Waals surface area (Å²) in [5.41, 5.74) is 0. The molecule has 5 nitrogen and oxygen atoms in total. The number of hydrogen-bond donors (Lipinski definition) is 1. The zero-order valence-corrected chi connectivity index (χ0v) is 6.81. The van der Waals surface area contributed by atoms with Crippen LogP contribution in [0, 0.1) is 0 Å². The first kappa shape index (κ1) is 8.35. The zero-order chi connectivity index (χ0) is 8.10. The number of nitrogens with one attached hydrogen (secondary N) is 1. The van der Waals surface area contributed by atoms with Gasteiger partial charge in [0, 0.05) is 7.05 Å². The molecule has 0 aliphatic carbocycles. The van der Waals surface area contributed by atoms with Crippen molar-refractivity contribution in [2.75, 3.05) is 19.6 Å². The highest BCUT2D eigenvalue weighted by molar-refractivity contribution is 8.14. The molecule has 11 heavy (non-hydrogen) atoms. The highest BCUT2D eigenvalue weighted by Gasteiger charge is 2.10. The summed E-state index contributed by atoms with van der Waals surface area (Å²) in [6, 6.07) is 0. The average molecular weight is 176 g/mol. The fourth-order valence-electron chi connectivity index (χ4n) is 0.471. The number of nitrogens with zero attached hydrogens (tertiary/aromatic N) is 1. The Hall–Kier alpha value is -0.750. The molecule has 0 radical (unpaired) electrons. The van der Waals surface area contributed by atoms with Crippen LogP contribution in [0.5, 0.6) is 0 Å². The van der Waals surface area contributed by atoms with Gasteiger partial charge in [-0.05, 0) is 0 Å². The lowest BCUT2D eigenvalue weighted by Crippen LogP contribution is -2.17. The quantitative estimate of drug-likeness (QED) is 0.463. The number of thioether (sulfide) groups is 1. The summed E-state index contributed by atoms with van der Waals surface area (Å²) in [5.74, 6) is 0.579. The third-order valence-electron chi connectivity index (χ3n) is 0.969. The predicted molar refractivity (Wildman–Crippen MR) is 41.4 cm³/mol. The van der Waals surface area contributed by atoms with E-state index in [1.807, 2.05) is 0 Å². The van der Waals surface area contributed by atoms with Crippen LogP contribution in [0.15, 0.2) is 5.16 Å². The summed E-state index contributed by atoms with van der Waals surface area (Å²) in [7, 11) is 1.47. The second-order valence-electron chi connectivity index (χ2n) is 1.72. The summed E-state index contributed by atoms with van der Waals surface area (Å²) < 4.78 is 4.94. The lowest BCUT2D eigenvalue weighted by atomic mass is 10.8. The molecule has 1 rings (SSSR count). The lowest BCUT2D eigenvalue weighted by Gasteiger charge is -1.94. The van der Waals surface area contributed by atoms with Crippen LogP contribution in [-0.4, -0.2) is 30.7 Å². The number of amides is 1. The van der Waals surface area contributed by atoms with Crippen LogP contribution >= 0.6 is 11.8 Å². The standard InChI is InChI=1S/C5H8N2O3S/c1-6-5(8)10-7-4-2-9-3-11-4/h2-3H2,1H3,(H,6,8)/b7-4-. The van der Waals surface area contributed by atoms with E-state index in [2.05, 4.69) is 15.3 Å². The van der Waals surface area contributed by atoms with Crippen molar-refractivity contribution in [1.29, 1.82) is 0 Å². The number of ether oxygens (including phenoxy) is 1. The zero-order valence-electron chi connectivity index (χ0n) is 5.99. The average Bonchev–Trinajstić information content (AvgIpc) is 2.52. The molecule has 1 fully saturated rings. The monoisotopic (exact) mass is 176 g/mol. The molecular weight excluding hydrogens is 168 g/mol. The van der Waals surface area contributed by atoms with Crippen molar-refractivity contribution in [3.8, 4) is 0 Å². The van der Waals surface area contributed by atoms with E-state index >= 15 is 0 Å². The Kier molecular flexibility index (Phi) is 3.18. The van der Waals surface area contributed by atoms with Crippen molar-refractivity contribution in [3.63, 3.8) is 0 Å². The minimum absolute atomic E-state index is 0.432. The Morgan fingerprint density at radius 1 is 1.91 bits per heavy atom. The molecule has 1 aliphatic rings. The molecule has 1 saturated heterocycles. The van der Waals surface area contributed by atoms with Crippen molar-refractivity contribution < 1.29 is 14.4 Å². The highest BCUT2D eigenvalue weighted by Crippen LogP contribution is 2.12. The van der Waals surface area contributed by atoms with Crippen LogP contribution in [0.3, 0.4) is 0 Å². The predicted octanol–water partition coefficient (Wildman–Crippen LogP) is 0.377. The molecular formula is C5H8N2O3S. The van der Waals surface area contributed by atoms with E-state index in [4.69, 9.17) is 4.74 Å². The van der Waals surface area contributed by atoms with Crippen molar-refractivity contribution in [2.24, 2.45) is 5.16 Å². The minimum atomic E-state index is -0.565. The second-order valence-corrected chi connectivity index (χ2v) is 2.72. The van der Waals surface area contributed by atoms with Crippen LogP contribution in [0.25, 0.3) is 0 Å². The molecule has 0 unspecified atom stereocenters. The minimum Gasteiger partial charge on any atom is -0.363 e. The maximum atomic E-state index is 10.5. The van der Waals surface area contributed by atoms with Crippen LogP contribution < -0.4 is 5.32 Å². The van der Waals surface area contributed by atoms with Gasteiger partial charge in [0.25, 0.3) is 0 Å². The van der Waals surface area contributed by atoms with Gasteiger partial charge in [-0.2, -0.15) is 0 Å². The molecule has 1 N–H and O–H groups in total. The summed E-state index contributed by atoms with van der Waals surface area (Å²) in [4.78, 5) is 14.9. The molecule has 1 amide bonds. The Morgan fingerprint density at radius 2 is 2.73 bits per heavy atom. The Balaban J connectivity index is 2.28. The van der Waals surface area contributed by atoms with Crippen LogP contribution in [0.2, 0.25) is 0 Å². The molecule has 0 spiro atoms. The van der Waals surface area contributed by atoms with E-state index < -0.39 is 6.09 Å². The summed E-state index contributed by atoms with van der Waals surface area (Å²) in [6.07, 6.45) is -0.565. The van der Waals surface area contributed by atoms with Gasteiger partial charge in [-0.15, -0.1) is 0 Å². The van der Waals surface area contributed by atoms with Gasteiger partial charge in [-0.25, -0.2) is 4.79 Å². The van der Waals surface area contributed by atoms with Gasteiger partial charge < -0.3 is 10.1 Å². The topological polar surface area (TPSA) is 59.9 Å². The smallest absolute Gasteiger partial charge is 0.363 e. The molecule has 0 aromatic rings. The fourth-order valence-corrected chi connectivity index (χ4v) is 1.03. The van der Waals surface area contributed by atoms with Gasteiger partial charge in [0.15, 0.2) is 0 Å². The van der Waals surface area contributed by atoms with Gasteiger partial charge >= 0.3 is 6.09 Å². The summed E-state index contributed by atoms with van der Waals surface area (Å²) in [6.45, 7) is 0.432. The van der Waals surface area contributed by atoms with E-state index in [1.165, 1.54) is 18.8 Å². The number of rotatable bonds is 1. The van der Waals surface area contributed by atoms with Gasteiger partial charge in [0.2, 0.25) is 0 Å². The van der Waals surface area contributed by atoms with Crippen molar-refractivity contribution >= 4 is 22.9 Å². The lowest BCUT2D eigenvalue weighted by molar-refractivity contribution is 0.152. The SMILES string of the molecule is CNC(=O)O/N=C1/COCS1. The van der Waals surface area contributed by atoms with Crippen molar-refractivity contribution in [1.82, 2.24) is 5.32 Å². The Morgan fingerprint density at radius 3 is 3.27 bits per heavy atom. The Bertz CT molecular complexity index is 175. The fraction of sp³-hybridized carbons (Fsp3) is 0.600. The summed E-state index contributed by atoms with van der Waals surface area (Å²) >= 11 is 1.42. The Labute approximate surface area is 68.1 Å². The maximum Gasteiger partial charge on any atom is 0.433 e. The molecule has 0 atom stereocenters. The first-order valence-corrected chi connectivity index (χ1v) is 3.97. The van der Waals surface area contributed by atoms with Gasteiger partial charge in [-0.1, -0.05) is 16.9 Å². The maximum absolute atomic E-state index is 10.5. The van der Waals surface area contributed by atoms with E-state index in [0.29, 0.717) is 17.6 Å². The molecule has 6 heteroatoms. The third-order valence-corrected chi connectivity index (χ3v) is 1.78. The van der Waals surface area contributed by atoms with E-state index in [9.17, 15) is 4.79 Å². The van der Waals surface area contributed by atoms with Gasteiger partial charge in [-0.3, -0.25) is 4.84 Å². The molecule has 62 valence electrons. The van der Waals surface area contributed by atoms with E-state index in [-0.39, 0.29) is 0 Å². The second kappa shape index (κ2) is 4.20. The van der Waals surface area contributed by atoms with Gasteiger partial charge in [0.05, 0.1) is 12.5 Å². The van der Waals surface area contributed by atoms with E-state index in [0.717, 1.165) is 0 Å². The first-order valence-electron chi connectivity index (χ1n) is 2.99. The molecule has 1 aliphatic heterocycles. The highest BCUT2D eigenvalue weighted by atomic mass is 32.2. The van der Waals surface area contributed by atoms with Crippen LogP contribution in [0.1, 0.15) is 0 Å².